The Balaban J connectivity index is 2.54. The lowest BCUT2D eigenvalue weighted by atomic mass is 9.65. The standard InChI is InChI=1S/C17H26O4/c1-10(2)13-9-14(19)16(5)15(21-12(4)18)8-11(3)6-7-17(13,16)20/h8,10,13,15,20H,6-7,9H2,1-5H3/t13-,15-,16-,17-/m1/s1. The van der Waals surface area contributed by atoms with Gasteiger partial charge in [0.05, 0.1) is 11.0 Å². The summed E-state index contributed by atoms with van der Waals surface area (Å²) in [6, 6.07) is 0. The number of fused-ring (bicyclic) bond motifs is 1. The summed E-state index contributed by atoms with van der Waals surface area (Å²) in [5, 5.41) is 11.4. The maximum absolute atomic E-state index is 12.7. The van der Waals surface area contributed by atoms with Gasteiger partial charge in [-0.1, -0.05) is 19.4 Å². The second kappa shape index (κ2) is 5.24. The van der Waals surface area contributed by atoms with Crippen LogP contribution in [0.3, 0.4) is 0 Å². The Hall–Kier alpha value is -1.16. The predicted octanol–water partition coefficient (Wildman–Crippen LogP) is 2.64. The van der Waals surface area contributed by atoms with E-state index < -0.39 is 23.1 Å². The highest BCUT2D eigenvalue weighted by atomic mass is 16.5. The van der Waals surface area contributed by atoms with Gasteiger partial charge in [0, 0.05) is 13.3 Å². The van der Waals surface area contributed by atoms with Crippen molar-refractivity contribution in [1.82, 2.24) is 0 Å². The van der Waals surface area contributed by atoms with Crippen molar-refractivity contribution >= 4 is 11.8 Å². The molecule has 2 aliphatic carbocycles. The third-order valence-corrected chi connectivity index (χ3v) is 5.50. The van der Waals surface area contributed by atoms with Crippen LogP contribution in [0.25, 0.3) is 0 Å². The van der Waals surface area contributed by atoms with Crippen LogP contribution in [0.5, 0.6) is 0 Å². The second-order valence-corrected chi connectivity index (χ2v) is 7.15. The summed E-state index contributed by atoms with van der Waals surface area (Å²) < 4.78 is 5.43. The van der Waals surface area contributed by atoms with Crippen LogP contribution in [0.15, 0.2) is 11.6 Å². The molecule has 21 heavy (non-hydrogen) atoms. The number of ketones is 1. The van der Waals surface area contributed by atoms with E-state index >= 15 is 0 Å². The second-order valence-electron chi connectivity index (χ2n) is 7.15. The van der Waals surface area contributed by atoms with E-state index in [-0.39, 0.29) is 17.6 Å². The van der Waals surface area contributed by atoms with Gasteiger partial charge in [-0.15, -0.1) is 0 Å². The minimum atomic E-state index is -1.12. The lowest BCUT2D eigenvalue weighted by molar-refractivity contribution is -0.172. The number of hydrogen-bond donors (Lipinski definition) is 1. The Morgan fingerprint density at radius 3 is 2.62 bits per heavy atom. The molecule has 4 heteroatoms. The fourth-order valence-corrected chi connectivity index (χ4v) is 4.07. The van der Waals surface area contributed by atoms with Gasteiger partial charge in [-0.2, -0.15) is 0 Å². The molecule has 0 aromatic carbocycles. The van der Waals surface area contributed by atoms with E-state index in [4.69, 9.17) is 4.74 Å². The molecule has 0 spiro atoms. The molecule has 1 saturated carbocycles. The summed E-state index contributed by atoms with van der Waals surface area (Å²) >= 11 is 0. The van der Waals surface area contributed by atoms with Crippen molar-refractivity contribution in [1.29, 1.82) is 0 Å². The predicted molar refractivity (Wildman–Crippen MR) is 79.6 cm³/mol. The van der Waals surface area contributed by atoms with Crippen LogP contribution < -0.4 is 0 Å². The first-order chi connectivity index (χ1) is 9.62. The van der Waals surface area contributed by atoms with Crippen LogP contribution in [0.2, 0.25) is 0 Å². The van der Waals surface area contributed by atoms with Gasteiger partial charge in [0.25, 0.3) is 0 Å². The van der Waals surface area contributed by atoms with E-state index in [1.807, 2.05) is 26.8 Å². The van der Waals surface area contributed by atoms with Crippen molar-refractivity contribution in [2.45, 2.75) is 65.6 Å². The molecule has 0 bridgehead atoms. The van der Waals surface area contributed by atoms with Crippen molar-refractivity contribution in [2.24, 2.45) is 17.3 Å². The maximum Gasteiger partial charge on any atom is 0.303 e. The lowest BCUT2D eigenvalue weighted by Crippen LogP contribution is -2.56. The van der Waals surface area contributed by atoms with Crippen LogP contribution in [0.1, 0.15) is 53.9 Å². The summed E-state index contributed by atoms with van der Waals surface area (Å²) in [6.07, 6.45) is 2.78. The first-order valence-corrected chi connectivity index (χ1v) is 7.73. The Morgan fingerprint density at radius 2 is 2.10 bits per heavy atom. The number of aliphatic hydroxyl groups is 1. The molecule has 118 valence electrons. The zero-order valence-corrected chi connectivity index (χ0v) is 13.6. The molecule has 0 radical (unpaired) electrons. The number of hydrogen-bond acceptors (Lipinski definition) is 4. The van der Waals surface area contributed by atoms with Crippen molar-refractivity contribution in [3.05, 3.63) is 11.6 Å². The summed E-state index contributed by atoms with van der Waals surface area (Å²) in [5.41, 5.74) is -1.11. The molecule has 4 atom stereocenters. The number of rotatable bonds is 2. The molecular weight excluding hydrogens is 268 g/mol. The monoisotopic (exact) mass is 294 g/mol. The van der Waals surface area contributed by atoms with Gasteiger partial charge >= 0.3 is 5.97 Å². The number of carbonyl (C=O) groups excluding carboxylic acids is 2. The van der Waals surface area contributed by atoms with Gasteiger partial charge < -0.3 is 9.84 Å². The summed E-state index contributed by atoms with van der Waals surface area (Å²) in [7, 11) is 0. The van der Waals surface area contributed by atoms with E-state index in [0.717, 1.165) is 12.0 Å². The normalized spacial score (nSPS) is 39.8. The first-order valence-electron chi connectivity index (χ1n) is 7.73. The highest BCUT2D eigenvalue weighted by Crippen LogP contribution is 2.56. The first kappa shape index (κ1) is 16.2. The average molecular weight is 294 g/mol. The molecule has 0 amide bonds. The fraction of sp³-hybridized carbons (Fsp3) is 0.765. The minimum absolute atomic E-state index is 0.000833. The van der Waals surface area contributed by atoms with Crippen molar-refractivity contribution in [2.75, 3.05) is 0 Å². The van der Waals surface area contributed by atoms with E-state index in [2.05, 4.69) is 0 Å². The van der Waals surface area contributed by atoms with Gasteiger partial charge in [0.2, 0.25) is 0 Å². The molecule has 0 unspecified atom stereocenters. The topological polar surface area (TPSA) is 63.6 Å². The van der Waals surface area contributed by atoms with Gasteiger partial charge in [-0.25, -0.2) is 0 Å². The molecule has 4 nitrogen and oxygen atoms in total. The number of esters is 1. The van der Waals surface area contributed by atoms with Crippen LogP contribution in [-0.2, 0) is 14.3 Å². The van der Waals surface area contributed by atoms with Gasteiger partial charge in [-0.05, 0) is 44.6 Å². The van der Waals surface area contributed by atoms with Crippen molar-refractivity contribution in [3.63, 3.8) is 0 Å². The van der Waals surface area contributed by atoms with Gasteiger partial charge in [0.15, 0.2) is 0 Å². The quantitative estimate of drug-likeness (QED) is 0.628. The largest absolute Gasteiger partial charge is 0.457 e. The molecule has 2 rings (SSSR count). The Bertz CT molecular complexity index is 493. The number of Topliss-reactive ketones (excluding diaryl/α,β-unsaturated/α-hetero) is 1. The van der Waals surface area contributed by atoms with Crippen molar-refractivity contribution in [3.8, 4) is 0 Å². The molecular formula is C17H26O4. The van der Waals surface area contributed by atoms with E-state index in [1.165, 1.54) is 6.92 Å². The zero-order chi connectivity index (χ0) is 16.0. The third-order valence-electron chi connectivity index (χ3n) is 5.50. The van der Waals surface area contributed by atoms with Crippen LogP contribution in [-0.4, -0.2) is 28.6 Å². The minimum Gasteiger partial charge on any atom is -0.457 e. The lowest BCUT2D eigenvalue weighted by Gasteiger charge is -2.44. The zero-order valence-electron chi connectivity index (χ0n) is 13.6. The highest BCUT2D eigenvalue weighted by Gasteiger charge is 2.66. The van der Waals surface area contributed by atoms with Crippen LogP contribution in [0, 0.1) is 17.3 Å². The number of allylic oxidation sites excluding steroid dienone is 1. The average Bonchev–Trinajstić information content (AvgIpc) is 2.52. The Labute approximate surface area is 126 Å². The maximum atomic E-state index is 12.7. The number of carbonyl (C=O) groups is 2. The SMILES string of the molecule is CC(=O)O[C@@H]1C=C(C)CC[C@@]2(O)[C@@H](C(C)C)CC(=O)[C@]12C. The summed E-state index contributed by atoms with van der Waals surface area (Å²) in [4.78, 5) is 24.2. The molecule has 1 fully saturated rings. The van der Waals surface area contributed by atoms with E-state index in [1.54, 1.807) is 6.92 Å². The Morgan fingerprint density at radius 1 is 1.48 bits per heavy atom. The summed E-state index contributed by atoms with van der Waals surface area (Å²) in [5.74, 6) is -0.305. The van der Waals surface area contributed by atoms with Crippen LogP contribution >= 0.6 is 0 Å². The van der Waals surface area contributed by atoms with Crippen molar-refractivity contribution < 1.29 is 19.4 Å². The molecule has 0 aromatic heterocycles. The highest BCUT2D eigenvalue weighted by molar-refractivity contribution is 5.90. The molecule has 2 aliphatic rings. The number of ether oxygens (including phenoxy) is 1. The molecule has 1 N–H and O–H groups in total. The molecule has 0 heterocycles. The van der Waals surface area contributed by atoms with Gasteiger partial charge in [0.1, 0.15) is 11.9 Å². The third kappa shape index (κ3) is 2.33. The van der Waals surface area contributed by atoms with Gasteiger partial charge in [-0.3, -0.25) is 9.59 Å². The molecule has 0 aliphatic heterocycles. The fourth-order valence-electron chi connectivity index (χ4n) is 4.07. The Kier molecular flexibility index (Phi) is 4.04. The van der Waals surface area contributed by atoms with Crippen LogP contribution in [0.4, 0.5) is 0 Å². The van der Waals surface area contributed by atoms with E-state index in [9.17, 15) is 14.7 Å². The smallest absolute Gasteiger partial charge is 0.303 e. The summed E-state index contributed by atoms with van der Waals surface area (Å²) in [6.45, 7) is 9.14. The molecule has 0 aromatic rings. The molecule has 0 saturated heterocycles. The van der Waals surface area contributed by atoms with E-state index in [0.29, 0.717) is 12.8 Å².